The van der Waals surface area contributed by atoms with Gasteiger partial charge in [0.25, 0.3) is 0 Å². The van der Waals surface area contributed by atoms with Crippen LogP contribution in [0.15, 0.2) is 0 Å². The van der Waals surface area contributed by atoms with Crippen LogP contribution in [-0.2, 0) is 0 Å². The summed E-state index contributed by atoms with van der Waals surface area (Å²) < 4.78 is 0. The second-order valence-corrected chi connectivity index (χ2v) is 7.10. The lowest BCUT2D eigenvalue weighted by Crippen LogP contribution is -2.59. The van der Waals surface area contributed by atoms with Gasteiger partial charge in [0.15, 0.2) is 0 Å². The molecule has 1 N–H and O–H groups in total. The summed E-state index contributed by atoms with van der Waals surface area (Å²) in [6.45, 7) is 10.9. The van der Waals surface area contributed by atoms with Crippen molar-refractivity contribution in [1.29, 1.82) is 0 Å². The number of hydrogen-bond acceptors (Lipinski definition) is 3. The summed E-state index contributed by atoms with van der Waals surface area (Å²) in [7, 11) is 4.40. The molecular formula is C16H33N3. The lowest BCUT2D eigenvalue weighted by molar-refractivity contribution is 0.0268. The third-order valence-electron chi connectivity index (χ3n) is 5.63. The topological polar surface area (TPSA) is 18.5 Å². The zero-order chi connectivity index (χ0) is 14.0. The number of likely N-dealkylation sites (N-methyl/N-ethyl adjacent to an activating group) is 2. The molecule has 0 bridgehead atoms. The summed E-state index contributed by atoms with van der Waals surface area (Å²) in [4.78, 5) is 5.26. The standard InChI is InChI=1S/C16H33N3/c1-12(2)14-6-7-15(17-4)16(10-14)19-9-8-18(5)13(3)11-19/h12-17H,6-11H2,1-5H3. The maximum absolute atomic E-state index is 3.58. The fraction of sp³-hybridized carbons (Fsp3) is 1.00. The van der Waals surface area contributed by atoms with Crippen molar-refractivity contribution < 1.29 is 0 Å². The minimum Gasteiger partial charge on any atom is -0.315 e. The summed E-state index contributed by atoms with van der Waals surface area (Å²) in [6, 6.07) is 2.15. The second kappa shape index (κ2) is 6.55. The normalized spacial score (nSPS) is 38.8. The van der Waals surface area contributed by atoms with Gasteiger partial charge in [0.1, 0.15) is 0 Å². The van der Waals surface area contributed by atoms with E-state index in [-0.39, 0.29) is 0 Å². The molecule has 0 spiro atoms. The van der Waals surface area contributed by atoms with Crippen LogP contribution in [0.5, 0.6) is 0 Å². The van der Waals surface area contributed by atoms with Gasteiger partial charge in [-0.3, -0.25) is 4.90 Å². The van der Waals surface area contributed by atoms with Crippen molar-refractivity contribution in [3.63, 3.8) is 0 Å². The average molecular weight is 267 g/mol. The predicted octanol–water partition coefficient (Wildman–Crippen LogP) is 2.03. The van der Waals surface area contributed by atoms with Gasteiger partial charge in [-0.2, -0.15) is 0 Å². The Balaban J connectivity index is 2.01. The molecule has 1 aliphatic heterocycles. The van der Waals surface area contributed by atoms with Crippen molar-refractivity contribution in [2.45, 2.75) is 58.2 Å². The Hall–Kier alpha value is -0.120. The van der Waals surface area contributed by atoms with Crippen LogP contribution in [0.4, 0.5) is 0 Å². The molecule has 4 unspecified atom stereocenters. The molecule has 2 aliphatic rings. The van der Waals surface area contributed by atoms with E-state index < -0.39 is 0 Å². The fourth-order valence-corrected chi connectivity index (χ4v) is 3.90. The van der Waals surface area contributed by atoms with Crippen molar-refractivity contribution in [2.24, 2.45) is 11.8 Å². The number of hydrogen-bond donors (Lipinski definition) is 1. The smallest absolute Gasteiger partial charge is 0.0253 e. The fourth-order valence-electron chi connectivity index (χ4n) is 3.90. The minimum atomic E-state index is 0.700. The molecule has 0 aromatic carbocycles. The lowest BCUT2D eigenvalue weighted by atomic mass is 9.76. The molecule has 1 heterocycles. The minimum absolute atomic E-state index is 0.700. The quantitative estimate of drug-likeness (QED) is 0.844. The third-order valence-corrected chi connectivity index (χ3v) is 5.63. The Bertz CT molecular complexity index is 279. The SMILES string of the molecule is CNC1CCC(C(C)C)CC1N1CCN(C)C(C)C1. The Kier molecular flexibility index (Phi) is 5.27. The Morgan fingerprint density at radius 3 is 2.47 bits per heavy atom. The summed E-state index contributed by atoms with van der Waals surface area (Å²) in [6.07, 6.45) is 4.15. The van der Waals surface area contributed by atoms with E-state index in [4.69, 9.17) is 0 Å². The highest BCUT2D eigenvalue weighted by atomic mass is 15.3. The zero-order valence-corrected chi connectivity index (χ0v) is 13.5. The molecule has 2 rings (SSSR count). The van der Waals surface area contributed by atoms with Crippen LogP contribution >= 0.6 is 0 Å². The molecule has 0 aromatic rings. The highest BCUT2D eigenvalue weighted by molar-refractivity contribution is 4.94. The molecule has 3 heteroatoms. The van der Waals surface area contributed by atoms with E-state index in [1.165, 1.54) is 38.9 Å². The lowest BCUT2D eigenvalue weighted by Gasteiger charge is -2.48. The molecule has 1 saturated carbocycles. The maximum atomic E-state index is 3.58. The van der Waals surface area contributed by atoms with Gasteiger partial charge in [-0.25, -0.2) is 0 Å². The van der Waals surface area contributed by atoms with Gasteiger partial charge in [0.2, 0.25) is 0 Å². The predicted molar refractivity (Wildman–Crippen MR) is 82.5 cm³/mol. The largest absolute Gasteiger partial charge is 0.315 e. The molecule has 0 radical (unpaired) electrons. The van der Waals surface area contributed by atoms with Gasteiger partial charge < -0.3 is 10.2 Å². The molecule has 1 saturated heterocycles. The first-order chi connectivity index (χ1) is 9.02. The van der Waals surface area contributed by atoms with E-state index in [0.717, 1.165) is 17.9 Å². The zero-order valence-electron chi connectivity index (χ0n) is 13.5. The Morgan fingerprint density at radius 2 is 1.89 bits per heavy atom. The van der Waals surface area contributed by atoms with Crippen molar-refractivity contribution >= 4 is 0 Å². The summed E-state index contributed by atoms with van der Waals surface area (Å²) in [5.74, 6) is 1.76. The molecule has 2 fully saturated rings. The number of nitrogens with one attached hydrogen (secondary N) is 1. The molecule has 4 atom stereocenters. The van der Waals surface area contributed by atoms with Crippen LogP contribution in [0.2, 0.25) is 0 Å². The van der Waals surface area contributed by atoms with Crippen LogP contribution in [0, 0.1) is 11.8 Å². The van der Waals surface area contributed by atoms with Gasteiger partial charge in [0.05, 0.1) is 0 Å². The molecule has 1 aliphatic carbocycles. The van der Waals surface area contributed by atoms with Gasteiger partial charge in [0, 0.05) is 37.8 Å². The third kappa shape index (κ3) is 3.50. The number of piperazine rings is 1. The summed E-state index contributed by atoms with van der Waals surface area (Å²) >= 11 is 0. The van der Waals surface area contributed by atoms with E-state index in [1.54, 1.807) is 0 Å². The van der Waals surface area contributed by atoms with Crippen LogP contribution in [0.25, 0.3) is 0 Å². The average Bonchev–Trinajstić information content (AvgIpc) is 2.41. The van der Waals surface area contributed by atoms with E-state index in [0.29, 0.717) is 12.1 Å². The summed E-state index contributed by atoms with van der Waals surface area (Å²) in [5.41, 5.74) is 0. The van der Waals surface area contributed by atoms with E-state index in [1.807, 2.05) is 0 Å². The number of rotatable bonds is 3. The van der Waals surface area contributed by atoms with Crippen LogP contribution in [0.3, 0.4) is 0 Å². The monoisotopic (exact) mass is 267 g/mol. The molecule has 0 amide bonds. The second-order valence-electron chi connectivity index (χ2n) is 7.10. The van der Waals surface area contributed by atoms with Crippen molar-refractivity contribution in [3.05, 3.63) is 0 Å². The summed E-state index contributed by atoms with van der Waals surface area (Å²) in [5, 5.41) is 3.58. The van der Waals surface area contributed by atoms with Gasteiger partial charge >= 0.3 is 0 Å². The van der Waals surface area contributed by atoms with E-state index >= 15 is 0 Å². The maximum Gasteiger partial charge on any atom is 0.0253 e. The van der Waals surface area contributed by atoms with Crippen molar-refractivity contribution in [3.8, 4) is 0 Å². The van der Waals surface area contributed by atoms with Gasteiger partial charge in [-0.15, -0.1) is 0 Å². The Morgan fingerprint density at radius 1 is 1.16 bits per heavy atom. The van der Waals surface area contributed by atoms with E-state index in [9.17, 15) is 0 Å². The molecule has 0 aromatic heterocycles. The first kappa shape index (κ1) is 15.3. The Labute approximate surface area is 119 Å². The molecule has 19 heavy (non-hydrogen) atoms. The molecular weight excluding hydrogens is 234 g/mol. The van der Waals surface area contributed by atoms with Gasteiger partial charge in [-0.05, 0) is 52.1 Å². The highest BCUT2D eigenvalue weighted by Gasteiger charge is 2.36. The first-order valence-electron chi connectivity index (χ1n) is 8.14. The van der Waals surface area contributed by atoms with Crippen molar-refractivity contribution in [1.82, 2.24) is 15.1 Å². The highest BCUT2D eigenvalue weighted by Crippen LogP contribution is 2.33. The first-order valence-corrected chi connectivity index (χ1v) is 8.14. The van der Waals surface area contributed by atoms with Crippen LogP contribution < -0.4 is 5.32 Å². The van der Waals surface area contributed by atoms with Crippen LogP contribution in [0.1, 0.15) is 40.0 Å². The molecule has 3 nitrogen and oxygen atoms in total. The molecule has 112 valence electrons. The van der Waals surface area contributed by atoms with Crippen LogP contribution in [-0.4, -0.2) is 61.7 Å². The van der Waals surface area contributed by atoms with Crippen molar-refractivity contribution in [2.75, 3.05) is 33.7 Å². The van der Waals surface area contributed by atoms with E-state index in [2.05, 4.69) is 50.0 Å². The number of nitrogens with zero attached hydrogens (tertiary/aromatic N) is 2. The van der Waals surface area contributed by atoms with Gasteiger partial charge in [-0.1, -0.05) is 13.8 Å².